The normalized spacial score (nSPS) is 14.8. The van der Waals surface area contributed by atoms with E-state index in [0.29, 0.717) is 26.2 Å². The van der Waals surface area contributed by atoms with E-state index in [1.807, 2.05) is 6.07 Å². The van der Waals surface area contributed by atoms with Crippen LogP contribution < -0.4 is 0 Å². The number of nitrogens with zero attached hydrogens (tertiary/aromatic N) is 3. The fourth-order valence-corrected chi connectivity index (χ4v) is 2.16. The zero-order valence-electron chi connectivity index (χ0n) is 11.0. The van der Waals surface area contributed by atoms with E-state index in [0.717, 1.165) is 0 Å². The molecule has 6 nitrogen and oxygen atoms in total. The monoisotopic (exact) mass is 273 g/mol. The lowest BCUT2D eigenvalue weighted by Gasteiger charge is -2.34. The number of carbonyl (C=O) groups is 2. The minimum atomic E-state index is -0.240. The average Bonchev–Trinajstić information content (AvgIpc) is 2.47. The number of phenols is 1. The molecule has 1 aliphatic heterocycles. The molecule has 0 radical (unpaired) electrons. The van der Waals surface area contributed by atoms with Crippen LogP contribution in [0, 0.1) is 11.3 Å². The maximum atomic E-state index is 12.2. The number of para-hydroxylation sites is 1. The minimum Gasteiger partial charge on any atom is -0.507 e. The van der Waals surface area contributed by atoms with E-state index in [4.69, 9.17) is 5.26 Å². The summed E-state index contributed by atoms with van der Waals surface area (Å²) in [6.07, 6.45) is -0.132. The van der Waals surface area contributed by atoms with Crippen molar-refractivity contribution in [2.24, 2.45) is 0 Å². The quantitative estimate of drug-likeness (QED) is 0.854. The molecule has 0 saturated carbocycles. The smallest absolute Gasteiger partial charge is 0.257 e. The number of benzene rings is 1. The molecule has 1 fully saturated rings. The Bertz CT molecular complexity index is 557. The van der Waals surface area contributed by atoms with Crippen LogP contribution in [0.5, 0.6) is 5.75 Å². The fourth-order valence-electron chi connectivity index (χ4n) is 2.16. The number of nitriles is 1. The summed E-state index contributed by atoms with van der Waals surface area (Å²) in [4.78, 5) is 27.0. The molecule has 0 bridgehead atoms. The molecule has 1 saturated heterocycles. The number of hydrogen-bond donors (Lipinski definition) is 1. The van der Waals surface area contributed by atoms with Gasteiger partial charge in [0.05, 0.1) is 11.6 Å². The summed E-state index contributed by atoms with van der Waals surface area (Å²) in [5.41, 5.74) is 0.268. The maximum Gasteiger partial charge on any atom is 0.257 e. The molecule has 1 aromatic carbocycles. The van der Waals surface area contributed by atoms with Crippen molar-refractivity contribution in [3.05, 3.63) is 29.8 Å². The van der Waals surface area contributed by atoms with Crippen LogP contribution >= 0.6 is 0 Å². The highest BCUT2D eigenvalue weighted by atomic mass is 16.3. The predicted molar refractivity (Wildman–Crippen MR) is 70.8 cm³/mol. The molecule has 1 aliphatic rings. The second-order valence-corrected chi connectivity index (χ2v) is 4.53. The SMILES string of the molecule is N#CCC(=O)N1CCN(C(=O)c2ccccc2O)CC1. The number of carbonyl (C=O) groups excluding carboxylic acids is 2. The van der Waals surface area contributed by atoms with Gasteiger partial charge >= 0.3 is 0 Å². The van der Waals surface area contributed by atoms with Crippen LogP contribution in [-0.4, -0.2) is 52.9 Å². The second-order valence-electron chi connectivity index (χ2n) is 4.53. The largest absolute Gasteiger partial charge is 0.507 e. The summed E-state index contributed by atoms with van der Waals surface area (Å²) >= 11 is 0. The molecular weight excluding hydrogens is 258 g/mol. The molecule has 0 aliphatic carbocycles. The van der Waals surface area contributed by atoms with Crippen molar-refractivity contribution in [3.8, 4) is 11.8 Å². The second kappa shape index (κ2) is 6.06. The fraction of sp³-hybridized carbons (Fsp3) is 0.357. The van der Waals surface area contributed by atoms with E-state index in [1.165, 1.54) is 6.07 Å². The van der Waals surface area contributed by atoms with Crippen molar-refractivity contribution in [2.75, 3.05) is 26.2 Å². The maximum absolute atomic E-state index is 12.2. The molecule has 104 valence electrons. The summed E-state index contributed by atoms with van der Waals surface area (Å²) in [7, 11) is 0. The third-order valence-corrected chi connectivity index (χ3v) is 3.28. The zero-order valence-corrected chi connectivity index (χ0v) is 11.0. The molecule has 0 aromatic heterocycles. The van der Waals surface area contributed by atoms with Crippen LogP contribution in [0.4, 0.5) is 0 Å². The van der Waals surface area contributed by atoms with Crippen LogP contribution in [0.3, 0.4) is 0 Å². The van der Waals surface area contributed by atoms with Crippen molar-refractivity contribution >= 4 is 11.8 Å². The number of piperazine rings is 1. The molecule has 6 heteroatoms. The van der Waals surface area contributed by atoms with Gasteiger partial charge in [0.2, 0.25) is 5.91 Å². The Hall–Kier alpha value is -2.55. The van der Waals surface area contributed by atoms with Gasteiger partial charge in [0.15, 0.2) is 0 Å². The standard InChI is InChI=1S/C14H15N3O3/c15-6-5-13(19)16-7-9-17(10-8-16)14(20)11-3-1-2-4-12(11)18/h1-4,18H,5,7-10H2. The van der Waals surface area contributed by atoms with Crippen molar-refractivity contribution in [2.45, 2.75) is 6.42 Å². The highest BCUT2D eigenvalue weighted by molar-refractivity contribution is 5.97. The molecule has 0 atom stereocenters. The number of phenolic OH excluding ortho intramolecular Hbond substituents is 1. The number of aromatic hydroxyl groups is 1. The highest BCUT2D eigenvalue weighted by Crippen LogP contribution is 2.18. The first-order valence-electron chi connectivity index (χ1n) is 6.35. The summed E-state index contributed by atoms with van der Waals surface area (Å²) in [6, 6.07) is 8.23. The molecule has 1 N–H and O–H groups in total. The van der Waals surface area contributed by atoms with Gasteiger partial charge < -0.3 is 14.9 Å². The van der Waals surface area contributed by atoms with Gasteiger partial charge in [-0.2, -0.15) is 5.26 Å². The Morgan fingerprint density at radius 1 is 1.15 bits per heavy atom. The first-order valence-corrected chi connectivity index (χ1v) is 6.35. The van der Waals surface area contributed by atoms with Gasteiger partial charge in [-0.25, -0.2) is 0 Å². The Balaban J connectivity index is 1.98. The molecular formula is C14H15N3O3. The Labute approximate surface area is 116 Å². The van der Waals surface area contributed by atoms with E-state index < -0.39 is 0 Å². The Kier molecular flexibility index (Phi) is 4.20. The number of amides is 2. The van der Waals surface area contributed by atoms with Crippen LogP contribution in [0.1, 0.15) is 16.8 Å². The summed E-state index contributed by atoms with van der Waals surface area (Å²) in [5, 5.41) is 18.2. The zero-order chi connectivity index (χ0) is 14.5. The van der Waals surface area contributed by atoms with Gasteiger partial charge in [0.1, 0.15) is 12.2 Å². The topological polar surface area (TPSA) is 84.6 Å². The van der Waals surface area contributed by atoms with Gasteiger partial charge in [0.25, 0.3) is 5.91 Å². The van der Waals surface area contributed by atoms with E-state index in [1.54, 1.807) is 28.0 Å². The third-order valence-electron chi connectivity index (χ3n) is 3.28. The summed E-state index contributed by atoms with van der Waals surface area (Å²) in [5.74, 6) is -0.488. The summed E-state index contributed by atoms with van der Waals surface area (Å²) < 4.78 is 0. The predicted octanol–water partition coefficient (Wildman–Crippen LogP) is 0.590. The van der Waals surface area contributed by atoms with Gasteiger partial charge in [-0.05, 0) is 12.1 Å². The van der Waals surface area contributed by atoms with Crippen molar-refractivity contribution in [1.29, 1.82) is 5.26 Å². The molecule has 20 heavy (non-hydrogen) atoms. The van der Waals surface area contributed by atoms with Crippen LogP contribution in [0.2, 0.25) is 0 Å². The van der Waals surface area contributed by atoms with Crippen LogP contribution in [0.25, 0.3) is 0 Å². The van der Waals surface area contributed by atoms with Gasteiger partial charge in [-0.1, -0.05) is 12.1 Å². The van der Waals surface area contributed by atoms with Crippen LogP contribution in [0.15, 0.2) is 24.3 Å². The number of hydrogen-bond acceptors (Lipinski definition) is 4. The molecule has 1 heterocycles. The van der Waals surface area contributed by atoms with E-state index in [2.05, 4.69) is 0 Å². The van der Waals surface area contributed by atoms with Gasteiger partial charge in [-0.3, -0.25) is 9.59 Å². The van der Waals surface area contributed by atoms with E-state index in [9.17, 15) is 14.7 Å². The van der Waals surface area contributed by atoms with Crippen molar-refractivity contribution in [3.63, 3.8) is 0 Å². The molecule has 2 amide bonds. The molecule has 1 aromatic rings. The Morgan fingerprint density at radius 2 is 1.75 bits per heavy atom. The van der Waals surface area contributed by atoms with E-state index in [-0.39, 0.29) is 29.5 Å². The van der Waals surface area contributed by atoms with Gasteiger partial charge in [-0.15, -0.1) is 0 Å². The minimum absolute atomic E-state index is 0.0412. The van der Waals surface area contributed by atoms with E-state index >= 15 is 0 Å². The molecule has 0 unspecified atom stereocenters. The number of rotatable bonds is 2. The third kappa shape index (κ3) is 2.88. The lowest BCUT2D eigenvalue weighted by molar-refractivity contribution is -0.131. The van der Waals surface area contributed by atoms with Gasteiger partial charge in [0, 0.05) is 26.2 Å². The highest BCUT2D eigenvalue weighted by Gasteiger charge is 2.25. The summed E-state index contributed by atoms with van der Waals surface area (Å²) in [6.45, 7) is 1.65. The Morgan fingerprint density at radius 3 is 2.35 bits per heavy atom. The molecule has 0 spiro atoms. The van der Waals surface area contributed by atoms with Crippen molar-refractivity contribution in [1.82, 2.24) is 9.80 Å². The van der Waals surface area contributed by atoms with Crippen molar-refractivity contribution < 1.29 is 14.7 Å². The van der Waals surface area contributed by atoms with Crippen LogP contribution in [-0.2, 0) is 4.79 Å². The lowest BCUT2D eigenvalue weighted by Crippen LogP contribution is -2.50. The molecule has 2 rings (SSSR count). The first kappa shape index (κ1) is 13.9. The lowest BCUT2D eigenvalue weighted by atomic mass is 10.1. The first-order chi connectivity index (χ1) is 9.63. The average molecular weight is 273 g/mol.